The van der Waals surface area contributed by atoms with E-state index in [2.05, 4.69) is 54.0 Å². The average Bonchev–Trinajstić information content (AvgIpc) is 3.17. The molecule has 1 unspecified atom stereocenters. The summed E-state index contributed by atoms with van der Waals surface area (Å²) < 4.78 is 0. The van der Waals surface area contributed by atoms with Crippen LogP contribution in [0.25, 0.3) is 11.1 Å². The van der Waals surface area contributed by atoms with Crippen LogP contribution >= 0.6 is 11.3 Å². The van der Waals surface area contributed by atoms with Gasteiger partial charge in [-0.25, -0.2) is 0 Å². The minimum atomic E-state index is 0.653. The monoisotopic (exact) mass is 285 g/mol. The molecule has 1 atom stereocenters. The van der Waals surface area contributed by atoms with E-state index in [0.717, 1.165) is 12.5 Å². The van der Waals surface area contributed by atoms with Gasteiger partial charge in [0.15, 0.2) is 0 Å². The molecule has 1 aliphatic carbocycles. The van der Waals surface area contributed by atoms with Crippen molar-refractivity contribution in [3.8, 4) is 11.1 Å². The van der Waals surface area contributed by atoms with Crippen LogP contribution in [0.4, 0.5) is 0 Å². The summed E-state index contributed by atoms with van der Waals surface area (Å²) in [5.74, 6) is 0.892. The Kier molecular flexibility index (Phi) is 4.54. The van der Waals surface area contributed by atoms with Crippen LogP contribution in [-0.2, 0) is 6.54 Å². The number of hydrogen-bond acceptors (Lipinski definition) is 2. The van der Waals surface area contributed by atoms with Crippen LogP contribution in [0, 0.1) is 5.92 Å². The van der Waals surface area contributed by atoms with Crippen LogP contribution in [-0.4, -0.2) is 6.04 Å². The molecule has 1 heterocycles. The molecule has 1 aromatic heterocycles. The second-order valence-electron chi connectivity index (χ2n) is 5.88. The van der Waals surface area contributed by atoms with Crippen LogP contribution in [0.5, 0.6) is 0 Å². The number of hydrogen-bond donors (Lipinski definition) is 1. The lowest BCUT2D eigenvalue weighted by atomic mass is 10.00. The van der Waals surface area contributed by atoms with E-state index in [1.54, 1.807) is 0 Å². The summed E-state index contributed by atoms with van der Waals surface area (Å²) in [6.07, 6.45) is 5.67. The summed E-state index contributed by atoms with van der Waals surface area (Å²) >= 11 is 1.87. The van der Waals surface area contributed by atoms with Gasteiger partial charge in [0.2, 0.25) is 0 Å². The molecule has 20 heavy (non-hydrogen) atoms. The first-order valence-corrected chi connectivity index (χ1v) is 8.57. The van der Waals surface area contributed by atoms with E-state index in [1.165, 1.54) is 41.7 Å². The van der Waals surface area contributed by atoms with Crippen molar-refractivity contribution in [2.24, 2.45) is 5.92 Å². The number of nitrogens with one attached hydrogen (secondary N) is 1. The summed E-state index contributed by atoms with van der Waals surface area (Å²) in [5, 5.41) is 5.99. The predicted molar refractivity (Wildman–Crippen MR) is 88.0 cm³/mol. The summed E-state index contributed by atoms with van der Waals surface area (Å²) in [4.78, 5) is 1.44. The third-order valence-electron chi connectivity index (χ3n) is 4.47. The van der Waals surface area contributed by atoms with Crippen molar-refractivity contribution in [1.82, 2.24) is 5.32 Å². The van der Waals surface area contributed by atoms with Crippen LogP contribution in [0.2, 0.25) is 0 Å². The summed E-state index contributed by atoms with van der Waals surface area (Å²) in [6.45, 7) is 3.36. The van der Waals surface area contributed by atoms with Crippen molar-refractivity contribution < 1.29 is 0 Å². The first kappa shape index (κ1) is 13.8. The highest BCUT2D eigenvalue weighted by Gasteiger charge is 2.20. The van der Waals surface area contributed by atoms with E-state index in [0.29, 0.717) is 6.04 Å². The van der Waals surface area contributed by atoms with Gasteiger partial charge in [0.25, 0.3) is 0 Å². The van der Waals surface area contributed by atoms with Crippen molar-refractivity contribution >= 4 is 11.3 Å². The fourth-order valence-electron chi connectivity index (χ4n) is 3.14. The van der Waals surface area contributed by atoms with Gasteiger partial charge in [0.1, 0.15) is 0 Å². The second-order valence-corrected chi connectivity index (χ2v) is 6.88. The molecule has 0 radical (unpaired) electrons. The molecule has 106 valence electrons. The summed E-state index contributed by atoms with van der Waals surface area (Å²) in [6, 6.07) is 13.6. The Labute approximate surface area is 126 Å². The Morgan fingerprint density at radius 1 is 1.15 bits per heavy atom. The van der Waals surface area contributed by atoms with Gasteiger partial charge in [0, 0.05) is 17.5 Å². The molecular formula is C18H23NS. The quantitative estimate of drug-likeness (QED) is 0.807. The molecule has 1 aromatic carbocycles. The van der Waals surface area contributed by atoms with Crippen molar-refractivity contribution in [2.75, 3.05) is 0 Å². The number of rotatable bonds is 5. The second kappa shape index (κ2) is 6.55. The van der Waals surface area contributed by atoms with E-state index < -0.39 is 0 Å². The predicted octanol–water partition coefficient (Wildman–Crippen LogP) is 5.08. The van der Waals surface area contributed by atoms with E-state index in [4.69, 9.17) is 0 Å². The Morgan fingerprint density at radius 2 is 1.90 bits per heavy atom. The first-order chi connectivity index (χ1) is 9.83. The van der Waals surface area contributed by atoms with Gasteiger partial charge in [0.05, 0.1) is 0 Å². The Morgan fingerprint density at radius 3 is 2.65 bits per heavy atom. The van der Waals surface area contributed by atoms with E-state index >= 15 is 0 Å². The highest BCUT2D eigenvalue weighted by molar-refractivity contribution is 7.10. The lowest BCUT2D eigenvalue weighted by molar-refractivity contribution is 0.381. The van der Waals surface area contributed by atoms with Gasteiger partial charge in [-0.1, -0.05) is 43.2 Å². The topological polar surface area (TPSA) is 12.0 Å². The van der Waals surface area contributed by atoms with Crippen molar-refractivity contribution in [1.29, 1.82) is 0 Å². The van der Waals surface area contributed by atoms with Crippen molar-refractivity contribution in [3.05, 3.63) is 46.7 Å². The van der Waals surface area contributed by atoms with Gasteiger partial charge in [-0.15, -0.1) is 11.3 Å². The molecule has 1 saturated carbocycles. The molecule has 1 nitrogen and oxygen atoms in total. The molecule has 3 rings (SSSR count). The lowest BCUT2D eigenvalue weighted by Crippen LogP contribution is -2.31. The zero-order valence-corrected chi connectivity index (χ0v) is 13.0. The van der Waals surface area contributed by atoms with Gasteiger partial charge >= 0.3 is 0 Å². The highest BCUT2D eigenvalue weighted by Crippen LogP contribution is 2.28. The maximum absolute atomic E-state index is 3.72. The Hall–Kier alpha value is -1.12. The first-order valence-electron chi connectivity index (χ1n) is 7.69. The largest absolute Gasteiger partial charge is 0.309 e. The van der Waals surface area contributed by atoms with Gasteiger partial charge in [-0.05, 0) is 48.3 Å². The maximum atomic E-state index is 3.72. The summed E-state index contributed by atoms with van der Waals surface area (Å²) in [5.41, 5.74) is 2.67. The standard InChI is InChI=1S/C18H23NS/c1-14(15-7-5-6-8-15)19-12-18-11-17(13-20-18)16-9-3-2-4-10-16/h2-4,9-11,13-15,19H,5-8,12H2,1H3. The fourth-order valence-corrected chi connectivity index (χ4v) is 3.99. The minimum Gasteiger partial charge on any atom is -0.309 e. The molecule has 1 aliphatic rings. The fraction of sp³-hybridized carbons (Fsp3) is 0.444. The zero-order valence-electron chi connectivity index (χ0n) is 12.1. The van der Waals surface area contributed by atoms with E-state index in [1.807, 2.05) is 11.3 Å². The number of thiophene rings is 1. The smallest absolute Gasteiger partial charge is 0.0302 e. The SMILES string of the molecule is CC(NCc1cc(-c2ccccc2)cs1)C1CCCC1. The van der Waals surface area contributed by atoms with Gasteiger partial charge in [-0.3, -0.25) is 0 Å². The third kappa shape index (κ3) is 3.31. The molecule has 0 amide bonds. The van der Waals surface area contributed by atoms with Crippen molar-refractivity contribution in [2.45, 2.75) is 45.2 Å². The lowest BCUT2D eigenvalue weighted by Gasteiger charge is -2.19. The molecule has 1 N–H and O–H groups in total. The Bertz CT molecular complexity index is 525. The zero-order chi connectivity index (χ0) is 13.8. The molecule has 0 aliphatic heterocycles. The third-order valence-corrected chi connectivity index (χ3v) is 5.40. The number of benzene rings is 1. The molecule has 2 heteroatoms. The van der Waals surface area contributed by atoms with E-state index in [-0.39, 0.29) is 0 Å². The molecular weight excluding hydrogens is 262 g/mol. The summed E-state index contributed by atoms with van der Waals surface area (Å²) in [7, 11) is 0. The average molecular weight is 285 g/mol. The van der Waals surface area contributed by atoms with Crippen molar-refractivity contribution in [3.63, 3.8) is 0 Å². The van der Waals surface area contributed by atoms with Gasteiger partial charge < -0.3 is 5.32 Å². The van der Waals surface area contributed by atoms with Crippen LogP contribution < -0.4 is 5.32 Å². The molecule has 1 fully saturated rings. The van der Waals surface area contributed by atoms with Crippen LogP contribution in [0.3, 0.4) is 0 Å². The maximum Gasteiger partial charge on any atom is 0.0302 e. The van der Waals surface area contributed by atoms with Crippen LogP contribution in [0.1, 0.15) is 37.5 Å². The minimum absolute atomic E-state index is 0.653. The molecule has 0 bridgehead atoms. The normalized spacial score (nSPS) is 17.4. The van der Waals surface area contributed by atoms with Gasteiger partial charge in [-0.2, -0.15) is 0 Å². The van der Waals surface area contributed by atoms with Crippen LogP contribution in [0.15, 0.2) is 41.8 Å². The van der Waals surface area contributed by atoms with E-state index in [9.17, 15) is 0 Å². The Balaban J connectivity index is 1.57. The molecule has 0 spiro atoms. The molecule has 0 saturated heterocycles. The highest BCUT2D eigenvalue weighted by atomic mass is 32.1. The molecule has 2 aromatic rings.